The smallest absolute Gasteiger partial charge is 0.313 e. The van der Waals surface area contributed by atoms with Crippen LogP contribution in [0.25, 0.3) is 0 Å². The molecule has 0 amide bonds. The van der Waals surface area contributed by atoms with Crippen molar-refractivity contribution in [2.24, 2.45) is 11.8 Å². The van der Waals surface area contributed by atoms with E-state index < -0.39 is 0 Å². The molecule has 72 valence electrons. The van der Waals surface area contributed by atoms with Crippen LogP contribution in [-0.4, -0.2) is 18.4 Å². The quantitative estimate of drug-likeness (QED) is 0.605. The van der Waals surface area contributed by atoms with Gasteiger partial charge in [-0.2, -0.15) is 0 Å². The van der Waals surface area contributed by atoms with Gasteiger partial charge in [-0.1, -0.05) is 13.0 Å². The van der Waals surface area contributed by atoms with E-state index in [0.717, 1.165) is 0 Å². The minimum Gasteiger partial charge on any atom is -0.466 e. The number of carbonyl (C=O) groups excluding carboxylic acids is 2. The van der Waals surface area contributed by atoms with Crippen LogP contribution in [0.15, 0.2) is 12.2 Å². The van der Waals surface area contributed by atoms with Gasteiger partial charge in [-0.3, -0.25) is 9.59 Å². The van der Waals surface area contributed by atoms with Gasteiger partial charge in [0, 0.05) is 6.42 Å². The molecule has 0 N–H and O–H groups in total. The van der Waals surface area contributed by atoms with Crippen LogP contribution in [0.1, 0.15) is 20.3 Å². The Labute approximate surface area is 77.8 Å². The molecule has 0 heterocycles. The zero-order valence-electron chi connectivity index (χ0n) is 7.95. The first-order valence-corrected chi connectivity index (χ1v) is 4.52. The van der Waals surface area contributed by atoms with Crippen LogP contribution in [0, 0.1) is 11.8 Å². The second-order valence-electron chi connectivity index (χ2n) is 3.28. The number of carbonyl (C=O) groups is 2. The topological polar surface area (TPSA) is 43.4 Å². The molecule has 2 atom stereocenters. The first kappa shape index (κ1) is 9.96. The van der Waals surface area contributed by atoms with Crippen molar-refractivity contribution in [3.8, 4) is 0 Å². The predicted octanol–water partition coefficient (Wildman–Crippen LogP) is 1.33. The summed E-state index contributed by atoms with van der Waals surface area (Å²) in [6.45, 7) is 4.06. The number of hydrogen-bond acceptors (Lipinski definition) is 3. The average molecular weight is 182 g/mol. The normalized spacial score (nSPS) is 27.4. The molecule has 2 unspecified atom stereocenters. The molecule has 3 heteroatoms. The molecular weight excluding hydrogens is 168 g/mol. The second kappa shape index (κ2) is 4.21. The van der Waals surface area contributed by atoms with E-state index >= 15 is 0 Å². The lowest BCUT2D eigenvalue weighted by atomic mass is 9.85. The third kappa shape index (κ3) is 2.41. The summed E-state index contributed by atoms with van der Waals surface area (Å²) in [5, 5.41) is 0. The molecule has 0 aromatic heterocycles. The fourth-order valence-corrected chi connectivity index (χ4v) is 1.46. The summed E-state index contributed by atoms with van der Waals surface area (Å²) >= 11 is 0. The maximum Gasteiger partial charge on any atom is 0.313 e. The van der Waals surface area contributed by atoms with Crippen molar-refractivity contribution in [2.45, 2.75) is 20.3 Å². The summed E-state index contributed by atoms with van der Waals surface area (Å²) in [7, 11) is 0. The fraction of sp³-hybridized carbons (Fsp3) is 0.600. The van der Waals surface area contributed by atoms with Crippen LogP contribution in [-0.2, 0) is 14.3 Å². The molecule has 0 aromatic rings. The van der Waals surface area contributed by atoms with Crippen molar-refractivity contribution in [1.82, 2.24) is 0 Å². The van der Waals surface area contributed by atoms with Gasteiger partial charge in [-0.05, 0) is 18.9 Å². The fourth-order valence-electron chi connectivity index (χ4n) is 1.46. The van der Waals surface area contributed by atoms with E-state index in [0.29, 0.717) is 13.0 Å². The zero-order chi connectivity index (χ0) is 9.84. The van der Waals surface area contributed by atoms with Gasteiger partial charge >= 0.3 is 5.97 Å². The van der Waals surface area contributed by atoms with E-state index in [-0.39, 0.29) is 23.6 Å². The Hall–Kier alpha value is -1.12. The molecule has 0 bridgehead atoms. The summed E-state index contributed by atoms with van der Waals surface area (Å²) in [6, 6.07) is 0. The lowest BCUT2D eigenvalue weighted by molar-refractivity contribution is -0.148. The van der Waals surface area contributed by atoms with Gasteiger partial charge in [0.05, 0.1) is 12.5 Å². The molecule has 1 aliphatic carbocycles. The number of ketones is 1. The minimum atomic E-state index is -0.238. The number of ether oxygens (including phenoxy) is 1. The van der Waals surface area contributed by atoms with E-state index in [1.165, 1.54) is 6.08 Å². The molecule has 3 nitrogen and oxygen atoms in total. The minimum absolute atomic E-state index is 0.0662. The maximum atomic E-state index is 11.3. The maximum absolute atomic E-state index is 11.3. The Balaban J connectivity index is 2.64. The van der Waals surface area contributed by atoms with E-state index in [9.17, 15) is 9.59 Å². The first-order chi connectivity index (χ1) is 6.15. The van der Waals surface area contributed by atoms with E-state index in [4.69, 9.17) is 4.74 Å². The highest BCUT2D eigenvalue weighted by Crippen LogP contribution is 2.23. The van der Waals surface area contributed by atoms with Crippen LogP contribution in [0.3, 0.4) is 0 Å². The average Bonchev–Trinajstić information content (AvgIpc) is 2.04. The molecular formula is C10H14O3. The molecule has 1 rings (SSSR count). The monoisotopic (exact) mass is 182 g/mol. The lowest BCUT2D eigenvalue weighted by Gasteiger charge is -2.21. The number of hydrogen-bond donors (Lipinski definition) is 0. The van der Waals surface area contributed by atoms with Gasteiger partial charge in [0.2, 0.25) is 0 Å². The Morgan fingerprint density at radius 3 is 2.92 bits per heavy atom. The summed E-state index contributed by atoms with van der Waals surface area (Å²) in [6.07, 6.45) is 3.57. The third-order valence-electron chi connectivity index (χ3n) is 2.18. The highest BCUT2D eigenvalue weighted by molar-refractivity contribution is 5.92. The Morgan fingerprint density at radius 1 is 1.69 bits per heavy atom. The number of esters is 1. The SMILES string of the molecule is CCOC(=O)C1C=CC(=O)CC1C. The molecule has 1 aliphatic rings. The van der Waals surface area contributed by atoms with Crippen LogP contribution >= 0.6 is 0 Å². The van der Waals surface area contributed by atoms with Crippen LogP contribution in [0.4, 0.5) is 0 Å². The van der Waals surface area contributed by atoms with Gasteiger partial charge < -0.3 is 4.74 Å². The molecule has 0 aliphatic heterocycles. The molecule has 0 fully saturated rings. The Kier molecular flexibility index (Phi) is 3.23. The van der Waals surface area contributed by atoms with Crippen molar-refractivity contribution in [2.75, 3.05) is 6.61 Å². The van der Waals surface area contributed by atoms with Crippen molar-refractivity contribution in [3.05, 3.63) is 12.2 Å². The Bertz CT molecular complexity index is 243. The summed E-state index contributed by atoms with van der Waals surface area (Å²) in [5.74, 6) is -0.305. The summed E-state index contributed by atoms with van der Waals surface area (Å²) < 4.78 is 4.89. The second-order valence-corrected chi connectivity index (χ2v) is 3.28. The van der Waals surface area contributed by atoms with Crippen molar-refractivity contribution < 1.29 is 14.3 Å². The van der Waals surface area contributed by atoms with Crippen molar-refractivity contribution in [3.63, 3.8) is 0 Å². The van der Waals surface area contributed by atoms with Crippen LogP contribution in [0.5, 0.6) is 0 Å². The van der Waals surface area contributed by atoms with Gasteiger partial charge in [0.1, 0.15) is 0 Å². The molecule has 13 heavy (non-hydrogen) atoms. The lowest BCUT2D eigenvalue weighted by Crippen LogP contribution is -2.27. The van der Waals surface area contributed by atoms with Crippen LogP contribution < -0.4 is 0 Å². The largest absolute Gasteiger partial charge is 0.466 e. The van der Waals surface area contributed by atoms with Gasteiger partial charge in [-0.25, -0.2) is 0 Å². The summed E-state index contributed by atoms with van der Waals surface area (Å²) in [4.78, 5) is 22.3. The molecule has 0 spiro atoms. The molecule has 0 aromatic carbocycles. The zero-order valence-corrected chi connectivity index (χ0v) is 7.95. The van der Waals surface area contributed by atoms with Crippen molar-refractivity contribution >= 4 is 11.8 Å². The summed E-state index contributed by atoms with van der Waals surface area (Å²) in [5.41, 5.74) is 0. The first-order valence-electron chi connectivity index (χ1n) is 4.52. The van der Waals surface area contributed by atoms with Gasteiger partial charge in [-0.15, -0.1) is 0 Å². The third-order valence-corrected chi connectivity index (χ3v) is 2.18. The number of rotatable bonds is 2. The van der Waals surface area contributed by atoms with E-state index in [1.54, 1.807) is 13.0 Å². The van der Waals surface area contributed by atoms with Crippen LogP contribution in [0.2, 0.25) is 0 Å². The number of allylic oxidation sites excluding steroid dienone is 1. The van der Waals surface area contributed by atoms with Crippen molar-refractivity contribution in [1.29, 1.82) is 0 Å². The van der Waals surface area contributed by atoms with E-state index in [2.05, 4.69) is 0 Å². The van der Waals surface area contributed by atoms with Gasteiger partial charge in [0.25, 0.3) is 0 Å². The molecule has 0 saturated carbocycles. The van der Waals surface area contributed by atoms with Gasteiger partial charge in [0.15, 0.2) is 5.78 Å². The molecule has 0 radical (unpaired) electrons. The predicted molar refractivity (Wildman–Crippen MR) is 48.1 cm³/mol. The Morgan fingerprint density at radius 2 is 2.38 bits per heavy atom. The highest BCUT2D eigenvalue weighted by Gasteiger charge is 2.28. The van der Waals surface area contributed by atoms with E-state index in [1.807, 2.05) is 6.92 Å². The highest BCUT2D eigenvalue weighted by atomic mass is 16.5. The molecule has 0 saturated heterocycles. The standard InChI is InChI=1S/C10H14O3/c1-3-13-10(12)9-5-4-8(11)6-7(9)2/h4-5,7,9H,3,6H2,1-2H3.